The van der Waals surface area contributed by atoms with Crippen LogP contribution in [0, 0.1) is 10.1 Å². The lowest BCUT2D eigenvalue weighted by Gasteiger charge is -2.20. The molecule has 0 spiro atoms. The first-order chi connectivity index (χ1) is 9.38. The Balaban J connectivity index is 3.29. The zero-order chi connectivity index (χ0) is 15.3. The molecule has 0 saturated carbocycles. The molecule has 0 heterocycles. The molecule has 0 radical (unpaired) electrons. The molecule has 0 bridgehead atoms. The van der Waals surface area contributed by atoms with E-state index in [4.69, 9.17) is 5.84 Å². The zero-order valence-electron chi connectivity index (χ0n) is 11.4. The van der Waals surface area contributed by atoms with Crippen LogP contribution >= 0.6 is 0 Å². The van der Waals surface area contributed by atoms with Crippen molar-refractivity contribution in [2.24, 2.45) is 5.84 Å². The number of nitrogens with two attached hydrogens (primary N) is 1. The number of hydrogen-bond donors (Lipinski definition) is 2. The summed E-state index contributed by atoms with van der Waals surface area (Å²) in [5.41, 5.74) is 1.84. The van der Waals surface area contributed by atoms with Crippen LogP contribution in [0.2, 0.25) is 0 Å². The first-order valence-corrected chi connectivity index (χ1v) is 7.57. The predicted molar refractivity (Wildman–Crippen MR) is 75.6 cm³/mol. The van der Waals surface area contributed by atoms with E-state index in [0.29, 0.717) is 19.5 Å². The van der Waals surface area contributed by atoms with Crippen molar-refractivity contribution >= 4 is 21.4 Å². The van der Waals surface area contributed by atoms with E-state index in [2.05, 4.69) is 5.43 Å². The number of sulfonamides is 1. The highest BCUT2D eigenvalue weighted by molar-refractivity contribution is 7.89. The van der Waals surface area contributed by atoms with Gasteiger partial charge in [-0.25, -0.2) is 8.42 Å². The summed E-state index contributed by atoms with van der Waals surface area (Å²) in [5.74, 6) is 5.21. The summed E-state index contributed by atoms with van der Waals surface area (Å²) in [6, 6.07) is 3.51. The van der Waals surface area contributed by atoms with Crippen LogP contribution in [0.5, 0.6) is 0 Å². The number of nitrogen functional groups attached to an aromatic ring is 1. The fraction of sp³-hybridized carbons (Fsp3) is 0.455. The fourth-order valence-corrected chi connectivity index (χ4v) is 3.36. The van der Waals surface area contributed by atoms with Crippen molar-refractivity contribution in [1.82, 2.24) is 4.31 Å². The van der Waals surface area contributed by atoms with Crippen molar-refractivity contribution in [2.75, 3.05) is 18.5 Å². The van der Waals surface area contributed by atoms with Crippen molar-refractivity contribution in [3.63, 3.8) is 0 Å². The van der Waals surface area contributed by atoms with Gasteiger partial charge in [0.05, 0.1) is 9.82 Å². The molecular formula is C11H18N4O4S. The molecule has 1 aromatic carbocycles. The molecule has 9 heteroatoms. The minimum Gasteiger partial charge on any atom is -0.318 e. The molecule has 20 heavy (non-hydrogen) atoms. The summed E-state index contributed by atoms with van der Waals surface area (Å²) in [6.07, 6.45) is 0.683. The van der Waals surface area contributed by atoms with Crippen molar-refractivity contribution in [2.45, 2.75) is 25.2 Å². The Morgan fingerprint density at radius 3 is 2.50 bits per heavy atom. The first kappa shape index (κ1) is 16.3. The van der Waals surface area contributed by atoms with Crippen molar-refractivity contribution in [3.8, 4) is 0 Å². The minimum absolute atomic E-state index is 0.0219. The van der Waals surface area contributed by atoms with Gasteiger partial charge in [-0.05, 0) is 18.6 Å². The van der Waals surface area contributed by atoms with Gasteiger partial charge in [0.15, 0.2) is 0 Å². The molecular weight excluding hydrogens is 284 g/mol. The minimum atomic E-state index is -3.67. The Labute approximate surface area is 117 Å². The van der Waals surface area contributed by atoms with Gasteiger partial charge in [-0.2, -0.15) is 4.31 Å². The van der Waals surface area contributed by atoms with Crippen molar-refractivity contribution in [1.29, 1.82) is 0 Å². The molecule has 8 nitrogen and oxygen atoms in total. The highest BCUT2D eigenvalue weighted by Crippen LogP contribution is 2.28. The summed E-state index contributed by atoms with van der Waals surface area (Å²) in [7, 11) is -3.67. The molecule has 0 fully saturated rings. The van der Waals surface area contributed by atoms with Crippen LogP contribution in [0.4, 0.5) is 11.4 Å². The Kier molecular flexibility index (Phi) is 5.43. The average Bonchev–Trinajstić information content (AvgIpc) is 2.43. The maximum absolute atomic E-state index is 12.4. The van der Waals surface area contributed by atoms with Crippen LogP contribution < -0.4 is 11.3 Å². The standard InChI is InChI=1S/C11H18N4O4S/c1-3-7-14(4-2)20(18,19)9-5-6-11(15(16)17)10(8-9)13-12/h5-6,8,13H,3-4,7,12H2,1-2H3. The number of nitrogens with zero attached hydrogens (tertiary/aromatic N) is 2. The Hall–Kier alpha value is -1.71. The van der Waals surface area contributed by atoms with Crippen LogP contribution in [0.25, 0.3) is 0 Å². The molecule has 0 aromatic heterocycles. The molecule has 1 aromatic rings. The predicted octanol–water partition coefficient (Wildman–Crippen LogP) is 1.30. The smallest absolute Gasteiger partial charge is 0.293 e. The molecule has 0 aliphatic heterocycles. The topological polar surface area (TPSA) is 119 Å². The lowest BCUT2D eigenvalue weighted by molar-refractivity contribution is -0.384. The van der Waals surface area contributed by atoms with Crippen molar-refractivity contribution < 1.29 is 13.3 Å². The maximum Gasteiger partial charge on any atom is 0.293 e. The number of nitro benzene ring substituents is 1. The van der Waals surface area contributed by atoms with Gasteiger partial charge in [-0.1, -0.05) is 13.8 Å². The van der Waals surface area contributed by atoms with Crippen LogP contribution in [-0.4, -0.2) is 30.7 Å². The first-order valence-electron chi connectivity index (χ1n) is 6.13. The summed E-state index contributed by atoms with van der Waals surface area (Å²) in [5, 5.41) is 10.8. The molecule has 0 aliphatic rings. The Morgan fingerprint density at radius 2 is 2.05 bits per heavy atom. The number of nitrogens with one attached hydrogen (secondary N) is 1. The number of benzene rings is 1. The van der Waals surface area contributed by atoms with Gasteiger partial charge < -0.3 is 5.43 Å². The highest BCUT2D eigenvalue weighted by atomic mass is 32.2. The van der Waals surface area contributed by atoms with Gasteiger partial charge in [0.2, 0.25) is 10.0 Å². The van der Waals surface area contributed by atoms with E-state index in [1.165, 1.54) is 16.4 Å². The van der Waals surface area contributed by atoms with Gasteiger partial charge in [0, 0.05) is 19.2 Å². The van der Waals surface area contributed by atoms with Gasteiger partial charge in [-0.3, -0.25) is 16.0 Å². The molecule has 1 rings (SSSR count). The van der Waals surface area contributed by atoms with Gasteiger partial charge in [-0.15, -0.1) is 0 Å². The summed E-state index contributed by atoms with van der Waals surface area (Å²) in [4.78, 5) is 10.1. The molecule has 112 valence electrons. The monoisotopic (exact) mass is 302 g/mol. The number of rotatable bonds is 7. The summed E-state index contributed by atoms with van der Waals surface area (Å²) < 4.78 is 26.1. The van der Waals surface area contributed by atoms with Gasteiger partial charge >= 0.3 is 0 Å². The number of anilines is 1. The SMILES string of the molecule is CCCN(CC)S(=O)(=O)c1ccc([N+](=O)[O-])c(NN)c1. The fourth-order valence-electron chi connectivity index (χ4n) is 1.80. The molecule has 0 amide bonds. The average molecular weight is 302 g/mol. The lowest BCUT2D eigenvalue weighted by Crippen LogP contribution is -2.31. The third kappa shape index (κ3) is 3.24. The number of hydrogen-bond acceptors (Lipinski definition) is 6. The van der Waals surface area contributed by atoms with E-state index < -0.39 is 14.9 Å². The molecule has 0 saturated heterocycles. The largest absolute Gasteiger partial charge is 0.318 e. The Bertz CT molecular complexity index is 588. The van der Waals surface area contributed by atoms with Gasteiger partial charge in [0.1, 0.15) is 5.69 Å². The van der Waals surface area contributed by atoms with Crippen LogP contribution in [-0.2, 0) is 10.0 Å². The van der Waals surface area contributed by atoms with E-state index in [0.717, 1.165) is 6.07 Å². The molecule has 0 atom stereocenters. The van der Waals surface area contributed by atoms with E-state index >= 15 is 0 Å². The van der Waals surface area contributed by atoms with E-state index in [9.17, 15) is 18.5 Å². The summed E-state index contributed by atoms with van der Waals surface area (Å²) >= 11 is 0. The maximum atomic E-state index is 12.4. The lowest BCUT2D eigenvalue weighted by atomic mass is 10.3. The normalized spacial score (nSPS) is 11.6. The highest BCUT2D eigenvalue weighted by Gasteiger charge is 2.25. The van der Waals surface area contributed by atoms with E-state index in [1.807, 2.05) is 6.92 Å². The zero-order valence-corrected chi connectivity index (χ0v) is 12.2. The second kappa shape index (κ2) is 6.64. The van der Waals surface area contributed by atoms with Crippen LogP contribution in [0.3, 0.4) is 0 Å². The molecule has 0 aliphatic carbocycles. The number of hydrazine groups is 1. The van der Waals surface area contributed by atoms with E-state index in [1.54, 1.807) is 6.92 Å². The second-order valence-electron chi connectivity index (χ2n) is 4.08. The second-order valence-corrected chi connectivity index (χ2v) is 6.02. The molecule has 0 unspecified atom stereocenters. The van der Waals surface area contributed by atoms with Crippen LogP contribution in [0.15, 0.2) is 23.1 Å². The van der Waals surface area contributed by atoms with E-state index in [-0.39, 0.29) is 16.3 Å². The third-order valence-corrected chi connectivity index (χ3v) is 4.75. The Morgan fingerprint density at radius 1 is 1.40 bits per heavy atom. The number of nitro groups is 1. The summed E-state index contributed by atoms with van der Waals surface area (Å²) in [6.45, 7) is 4.33. The van der Waals surface area contributed by atoms with Gasteiger partial charge in [0.25, 0.3) is 5.69 Å². The van der Waals surface area contributed by atoms with Crippen molar-refractivity contribution in [3.05, 3.63) is 28.3 Å². The molecule has 3 N–H and O–H groups in total. The quantitative estimate of drug-likeness (QED) is 0.445. The third-order valence-electron chi connectivity index (χ3n) is 2.78. The van der Waals surface area contributed by atoms with Crippen LogP contribution in [0.1, 0.15) is 20.3 Å².